The molecule has 5 N–H and O–H groups in total. The first kappa shape index (κ1) is 23.6. The van der Waals surface area contributed by atoms with Crippen LogP contribution in [0.5, 0.6) is 0 Å². The maximum atomic E-state index is 13.4. The van der Waals surface area contributed by atoms with Crippen LogP contribution in [0, 0.1) is 12.7 Å². The molecule has 180 valence electrons. The third-order valence-corrected chi connectivity index (χ3v) is 5.29. The molecular weight excluding hydrogens is 453 g/mol. The molecule has 0 aliphatic rings. The lowest BCUT2D eigenvalue weighted by Gasteiger charge is -2.10. The molecule has 0 bridgehead atoms. The van der Waals surface area contributed by atoms with Crippen LogP contribution < -0.4 is 21.7 Å². The van der Waals surface area contributed by atoms with Crippen LogP contribution >= 0.6 is 0 Å². The van der Waals surface area contributed by atoms with Gasteiger partial charge in [0.2, 0.25) is 0 Å². The summed E-state index contributed by atoms with van der Waals surface area (Å²) < 4.78 is 19.9. The Bertz CT molecular complexity index is 1390. The van der Waals surface area contributed by atoms with Gasteiger partial charge in [-0.3, -0.25) is 4.79 Å². The molecule has 0 radical (unpaired) electrons. The van der Waals surface area contributed by atoms with Crippen molar-refractivity contribution >= 4 is 34.6 Å². The Morgan fingerprint density at radius 3 is 2.54 bits per heavy atom. The molecule has 0 unspecified atom stereocenters. The Hall–Kier alpha value is -4.51. The second-order valence-corrected chi connectivity index (χ2v) is 7.73. The van der Waals surface area contributed by atoms with E-state index in [1.54, 1.807) is 50.6 Å². The van der Waals surface area contributed by atoms with Crippen LogP contribution in [0.2, 0.25) is 0 Å². The molecule has 10 nitrogen and oxygen atoms in total. The number of nitrogens with two attached hydrogens (primary N) is 1. The van der Waals surface area contributed by atoms with Gasteiger partial charge in [0.05, 0.1) is 12.2 Å². The topological polar surface area (TPSA) is 136 Å². The average molecular weight is 478 g/mol. The summed E-state index contributed by atoms with van der Waals surface area (Å²) in [6.07, 6.45) is 2.90. The lowest BCUT2D eigenvalue weighted by atomic mass is 10.0. The van der Waals surface area contributed by atoms with Crippen molar-refractivity contribution in [1.29, 1.82) is 0 Å². The Balaban J connectivity index is 1.58. The van der Waals surface area contributed by atoms with Crippen LogP contribution in [-0.4, -0.2) is 46.8 Å². The predicted molar refractivity (Wildman–Crippen MR) is 131 cm³/mol. The number of fused-ring (bicyclic) bond motifs is 1. The van der Waals surface area contributed by atoms with Crippen molar-refractivity contribution in [3.8, 4) is 11.1 Å². The number of nitrogens with one attached hydrogen (secondary N) is 3. The van der Waals surface area contributed by atoms with Crippen molar-refractivity contribution in [1.82, 2.24) is 19.9 Å². The molecule has 2 aromatic heterocycles. The number of methoxy groups -OCH3 is 1. The summed E-state index contributed by atoms with van der Waals surface area (Å²) in [6, 6.07) is 10.7. The number of benzene rings is 2. The van der Waals surface area contributed by atoms with Crippen molar-refractivity contribution in [2.45, 2.75) is 6.92 Å². The molecule has 11 heteroatoms. The van der Waals surface area contributed by atoms with Gasteiger partial charge < -0.3 is 26.4 Å². The summed E-state index contributed by atoms with van der Waals surface area (Å²) in [5.41, 5.74) is 9.64. The van der Waals surface area contributed by atoms with E-state index in [0.717, 1.165) is 0 Å². The van der Waals surface area contributed by atoms with E-state index in [0.29, 0.717) is 52.3 Å². The van der Waals surface area contributed by atoms with Gasteiger partial charge in [0.15, 0.2) is 5.82 Å². The van der Waals surface area contributed by atoms with Gasteiger partial charge in [-0.2, -0.15) is 5.10 Å². The molecule has 0 saturated carbocycles. The zero-order valence-electron chi connectivity index (χ0n) is 19.1. The smallest absolute Gasteiger partial charge is 0.323 e. The molecule has 0 aliphatic heterocycles. The van der Waals surface area contributed by atoms with E-state index < -0.39 is 6.03 Å². The number of carbonyl (C=O) groups is 2. The van der Waals surface area contributed by atoms with Gasteiger partial charge >= 0.3 is 6.03 Å². The highest BCUT2D eigenvalue weighted by atomic mass is 19.1. The highest BCUT2D eigenvalue weighted by Gasteiger charge is 2.21. The van der Waals surface area contributed by atoms with E-state index in [2.05, 4.69) is 26.0 Å². The number of anilines is 3. The van der Waals surface area contributed by atoms with E-state index in [1.807, 2.05) is 0 Å². The molecule has 0 spiro atoms. The molecule has 0 aliphatic carbocycles. The van der Waals surface area contributed by atoms with Crippen LogP contribution in [0.1, 0.15) is 15.9 Å². The number of aryl methyl sites for hydroxylation is 1. The molecule has 3 amide bonds. The Kier molecular flexibility index (Phi) is 6.88. The van der Waals surface area contributed by atoms with Crippen molar-refractivity contribution < 1.29 is 18.7 Å². The zero-order valence-corrected chi connectivity index (χ0v) is 19.1. The van der Waals surface area contributed by atoms with Gasteiger partial charge in [0, 0.05) is 36.8 Å². The van der Waals surface area contributed by atoms with Gasteiger partial charge in [-0.05, 0) is 48.4 Å². The summed E-state index contributed by atoms with van der Waals surface area (Å²) in [5.74, 6) is -0.428. The molecule has 4 aromatic rings. The SMILES string of the molecule is COCCNC(=O)c1cn2ncnc(N)c2c1-c1ccc(NC(=O)Nc2ccc(F)c(C)c2)cc1. The number of nitrogen functional groups attached to an aromatic ring is 1. The van der Waals surface area contributed by atoms with Crippen LogP contribution in [-0.2, 0) is 4.74 Å². The summed E-state index contributed by atoms with van der Waals surface area (Å²) in [5, 5.41) is 12.4. The molecule has 0 saturated heterocycles. The largest absolute Gasteiger partial charge is 0.383 e. The Morgan fingerprint density at radius 2 is 1.83 bits per heavy atom. The standard InChI is InChI=1S/C24H24FN7O3/c1-14-11-17(7-8-19(14)25)31-24(34)30-16-5-3-15(4-6-16)20-18(23(33)27-9-10-35-2)12-32-21(20)22(26)28-13-29-32/h3-8,11-13H,9-10H2,1-2H3,(H,27,33)(H2,26,28,29)(H2,30,31,34). The molecule has 2 aromatic carbocycles. The van der Waals surface area contributed by atoms with Crippen molar-refractivity contribution in [2.75, 3.05) is 36.6 Å². The fourth-order valence-electron chi connectivity index (χ4n) is 3.60. The van der Waals surface area contributed by atoms with Gasteiger partial charge in [-0.15, -0.1) is 0 Å². The first-order valence-corrected chi connectivity index (χ1v) is 10.7. The Labute approximate surface area is 200 Å². The summed E-state index contributed by atoms with van der Waals surface area (Å²) in [4.78, 5) is 29.3. The van der Waals surface area contributed by atoms with Crippen molar-refractivity contribution in [3.63, 3.8) is 0 Å². The monoisotopic (exact) mass is 477 g/mol. The fourth-order valence-corrected chi connectivity index (χ4v) is 3.60. The minimum atomic E-state index is -0.478. The average Bonchev–Trinajstić information content (AvgIpc) is 3.23. The van der Waals surface area contributed by atoms with E-state index in [4.69, 9.17) is 10.5 Å². The maximum Gasteiger partial charge on any atom is 0.323 e. The highest BCUT2D eigenvalue weighted by Crippen LogP contribution is 2.33. The number of amides is 3. The highest BCUT2D eigenvalue weighted by molar-refractivity contribution is 6.07. The molecule has 0 fully saturated rings. The first-order chi connectivity index (χ1) is 16.9. The number of hydrogen-bond donors (Lipinski definition) is 4. The minimum absolute atomic E-state index is 0.224. The molecule has 35 heavy (non-hydrogen) atoms. The number of ether oxygens (including phenoxy) is 1. The number of carbonyl (C=O) groups excluding carboxylic acids is 2. The van der Waals surface area contributed by atoms with Gasteiger partial charge in [0.1, 0.15) is 17.7 Å². The third kappa shape index (κ3) is 5.20. The summed E-state index contributed by atoms with van der Waals surface area (Å²) in [6.45, 7) is 2.33. The number of aromatic nitrogens is 3. The van der Waals surface area contributed by atoms with Crippen molar-refractivity contribution in [2.24, 2.45) is 0 Å². The second kappa shape index (κ2) is 10.2. The van der Waals surface area contributed by atoms with E-state index in [1.165, 1.54) is 23.0 Å². The van der Waals surface area contributed by atoms with Crippen LogP contribution in [0.15, 0.2) is 55.0 Å². The molecule has 2 heterocycles. The normalized spacial score (nSPS) is 10.8. The number of urea groups is 1. The molecular formula is C24H24FN7O3. The second-order valence-electron chi connectivity index (χ2n) is 7.73. The minimum Gasteiger partial charge on any atom is -0.383 e. The van der Waals surface area contributed by atoms with Gasteiger partial charge in [0.25, 0.3) is 5.91 Å². The Morgan fingerprint density at radius 1 is 1.11 bits per heavy atom. The van der Waals surface area contributed by atoms with Crippen LogP contribution in [0.4, 0.5) is 26.4 Å². The zero-order chi connectivity index (χ0) is 24.9. The number of halogens is 1. The molecule has 4 rings (SSSR count). The third-order valence-electron chi connectivity index (χ3n) is 5.29. The van der Waals surface area contributed by atoms with E-state index in [9.17, 15) is 14.0 Å². The number of nitrogens with zero attached hydrogens (tertiary/aromatic N) is 3. The van der Waals surface area contributed by atoms with E-state index in [-0.39, 0.29) is 17.5 Å². The number of hydrogen-bond acceptors (Lipinski definition) is 6. The van der Waals surface area contributed by atoms with Gasteiger partial charge in [-0.25, -0.2) is 18.7 Å². The van der Waals surface area contributed by atoms with Crippen LogP contribution in [0.3, 0.4) is 0 Å². The lowest BCUT2D eigenvalue weighted by molar-refractivity contribution is 0.0937. The predicted octanol–water partition coefficient (Wildman–Crippen LogP) is 3.45. The van der Waals surface area contributed by atoms with Gasteiger partial charge in [-0.1, -0.05) is 12.1 Å². The van der Waals surface area contributed by atoms with Crippen molar-refractivity contribution in [3.05, 3.63) is 71.9 Å². The lowest BCUT2D eigenvalue weighted by Crippen LogP contribution is -2.27. The fraction of sp³-hybridized carbons (Fsp3) is 0.167. The van der Waals surface area contributed by atoms with E-state index >= 15 is 0 Å². The summed E-state index contributed by atoms with van der Waals surface area (Å²) in [7, 11) is 1.55. The molecule has 0 atom stereocenters. The first-order valence-electron chi connectivity index (χ1n) is 10.7. The van der Waals surface area contributed by atoms with Crippen LogP contribution in [0.25, 0.3) is 16.6 Å². The number of rotatable bonds is 7. The maximum absolute atomic E-state index is 13.4. The summed E-state index contributed by atoms with van der Waals surface area (Å²) >= 11 is 0. The quantitative estimate of drug-likeness (QED) is 0.301.